The highest BCUT2D eigenvalue weighted by molar-refractivity contribution is 5.79. The van der Waals surface area contributed by atoms with Gasteiger partial charge in [-0.2, -0.15) is 0 Å². The quantitative estimate of drug-likeness (QED) is 0.547. The van der Waals surface area contributed by atoms with Gasteiger partial charge in [0.15, 0.2) is 11.7 Å². The van der Waals surface area contributed by atoms with Gasteiger partial charge in [-0.05, 0) is 26.1 Å². The van der Waals surface area contributed by atoms with Gasteiger partial charge in [-0.1, -0.05) is 37.2 Å². The van der Waals surface area contributed by atoms with Gasteiger partial charge >= 0.3 is 0 Å². The van der Waals surface area contributed by atoms with Gasteiger partial charge in [0.1, 0.15) is 5.75 Å². The van der Waals surface area contributed by atoms with Crippen molar-refractivity contribution in [3.63, 3.8) is 0 Å². The number of methoxy groups -OCH3 is 1. The van der Waals surface area contributed by atoms with Crippen LogP contribution in [0.3, 0.4) is 0 Å². The van der Waals surface area contributed by atoms with E-state index in [2.05, 4.69) is 59.7 Å². The second kappa shape index (κ2) is 9.97. The molecule has 0 spiro atoms. The third-order valence-corrected chi connectivity index (χ3v) is 4.41. The molecule has 0 amide bonds. The lowest BCUT2D eigenvalue weighted by molar-refractivity contribution is 0.287. The van der Waals surface area contributed by atoms with Gasteiger partial charge in [-0.3, -0.25) is 4.99 Å². The summed E-state index contributed by atoms with van der Waals surface area (Å²) in [5.41, 5.74) is 2.09. The Balaban J connectivity index is 1.98. The van der Waals surface area contributed by atoms with Crippen LogP contribution < -0.4 is 15.4 Å². The first-order valence-corrected chi connectivity index (χ1v) is 9.15. The predicted molar refractivity (Wildman–Crippen MR) is 108 cm³/mol. The Morgan fingerprint density at radius 3 is 2.59 bits per heavy atom. The molecule has 1 aromatic carbocycles. The number of rotatable bonds is 8. The molecule has 7 heteroatoms. The van der Waals surface area contributed by atoms with E-state index in [1.54, 1.807) is 14.2 Å². The molecule has 0 aliphatic heterocycles. The van der Waals surface area contributed by atoms with Gasteiger partial charge < -0.3 is 24.8 Å². The second-order valence-electron chi connectivity index (χ2n) is 6.90. The summed E-state index contributed by atoms with van der Waals surface area (Å²) < 4.78 is 10.9. The molecule has 0 saturated heterocycles. The molecule has 148 valence electrons. The normalized spacial score (nSPS) is 13.1. The van der Waals surface area contributed by atoms with Gasteiger partial charge in [0.25, 0.3) is 0 Å². The molecule has 1 atom stereocenters. The average molecular weight is 374 g/mol. The van der Waals surface area contributed by atoms with E-state index in [1.165, 1.54) is 0 Å². The molecule has 7 nitrogen and oxygen atoms in total. The Morgan fingerprint density at radius 1 is 1.26 bits per heavy atom. The molecule has 0 aliphatic carbocycles. The summed E-state index contributed by atoms with van der Waals surface area (Å²) in [5, 5.41) is 10.7. The van der Waals surface area contributed by atoms with Crippen molar-refractivity contribution in [2.24, 2.45) is 4.99 Å². The van der Waals surface area contributed by atoms with Crippen LogP contribution in [0.4, 0.5) is 0 Å². The summed E-state index contributed by atoms with van der Waals surface area (Å²) in [7, 11) is 7.55. The van der Waals surface area contributed by atoms with E-state index in [9.17, 15) is 0 Å². The Hall–Kier alpha value is -2.54. The van der Waals surface area contributed by atoms with Crippen molar-refractivity contribution in [2.45, 2.75) is 32.4 Å². The van der Waals surface area contributed by atoms with Crippen LogP contribution in [0.15, 0.2) is 39.8 Å². The number of para-hydroxylation sites is 1. The van der Waals surface area contributed by atoms with Crippen LogP contribution in [-0.4, -0.2) is 50.8 Å². The van der Waals surface area contributed by atoms with E-state index in [0.717, 1.165) is 22.8 Å². The summed E-state index contributed by atoms with van der Waals surface area (Å²) >= 11 is 0. The minimum absolute atomic E-state index is 0.137. The zero-order valence-corrected chi connectivity index (χ0v) is 17.1. The molecule has 2 rings (SSSR count). The van der Waals surface area contributed by atoms with Crippen molar-refractivity contribution in [1.82, 2.24) is 20.7 Å². The van der Waals surface area contributed by atoms with Crippen LogP contribution in [0.25, 0.3) is 0 Å². The standard InChI is InChI=1S/C20H31N5O2/c1-14(2)17-11-15(27-24-17)12-22-20(21-3)23-13-18(25(4)5)16-9-7-8-10-19(16)26-6/h7-11,14,18H,12-13H2,1-6H3,(H2,21,22,23). The maximum Gasteiger partial charge on any atom is 0.191 e. The van der Waals surface area contributed by atoms with E-state index in [-0.39, 0.29) is 6.04 Å². The molecule has 1 heterocycles. The number of aromatic nitrogens is 1. The van der Waals surface area contributed by atoms with Crippen LogP contribution in [0.1, 0.15) is 42.8 Å². The van der Waals surface area contributed by atoms with Crippen LogP contribution in [0.5, 0.6) is 5.75 Å². The lowest BCUT2D eigenvalue weighted by atomic mass is 10.0. The van der Waals surface area contributed by atoms with E-state index in [1.807, 2.05) is 24.3 Å². The van der Waals surface area contributed by atoms with Crippen molar-refractivity contribution in [3.05, 3.63) is 47.3 Å². The summed E-state index contributed by atoms with van der Waals surface area (Å²) in [6.07, 6.45) is 0. The highest BCUT2D eigenvalue weighted by Crippen LogP contribution is 2.27. The minimum atomic E-state index is 0.137. The molecule has 0 bridgehead atoms. The molecule has 27 heavy (non-hydrogen) atoms. The first-order valence-electron chi connectivity index (χ1n) is 9.15. The van der Waals surface area contributed by atoms with E-state index >= 15 is 0 Å². The SMILES string of the molecule is CN=C(NCc1cc(C(C)C)no1)NCC(c1ccccc1OC)N(C)C. The van der Waals surface area contributed by atoms with E-state index < -0.39 is 0 Å². The number of nitrogens with one attached hydrogen (secondary N) is 2. The fourth-order valence-electron chi connectivity index (χ4n) is 2.78. The number of hydrogen-bond donors (Lipinski definition) is 2. The summed E-state index contributed by atoms with van der Waals surface area (Å²) in [6, 6.07) is 10.2. The number of ether oxygens (including phenoxy) is 1. The average Bonchev–Trinajstić information content (AvgIpc) is 3.14. The molecule has 2 N–H and O–H groups in total. The molecule has 1 aromatic heterocycles. The van der Waals surface area contributed by atoms with E-state index in [4.69, 9.17) is 9.26 Å². The number of nitrogens with zero attached hydrogens (tertiary/aromatic N) is 3. The largest absolute Gasteiger partial charge is 0.496 e. The summed E-state index contributed by atoms with van der Waals surface area (Å²) in [6.45, 7) is 5.39. The highest BCUT2D eigenvalue weighted by Gasteiger charge is 2.18. The monoisotopic (exact) mass is 373 g/mol. The zero-order valence-electron chi connectivity index (χ0n) is 17.1. The minimum Gasteiger partial charge on any atom is -0.496 e. The van der Waals surface area contributed by atoms with Crippen LogP contribution in [-0.2, 0) is 6.54 Å². The van der Waals surface area contributed by atoms with Gasteiger partial charge in [0.05, 0.1) is 25.4 Å². The first kappa shape index (κ1) is 20.8. The van der Waals surface area contributed by atoms with Crippen LogP contribution in [0.2, 0.25) is 0 Å². The number of likely N-dealkylation sites (N-methyl/N-ethyl adjacent to an activating group) is 1. The summed E-state index contributed by atoms with van der Waals surface area (Å²) in [5.74, 6) is 2.72. The van der Waals surface area contributed by atoms with Crippen LogP contribution in [0, 0.1) is 0 Å². The lowest BCUT2D eigenvalue weighted by Gasteiger charge is -2.27. The maximum absolute atomic E-state index is 5.52. The van der Waals surface area contributed by atoms with Gasteiger partial charge in [0, 0.05) is 25.2 Å². The van der Waals surface area contributed by atoms with Gasteiger partial charge in [-0.25, -0.2) is 0 Å². The Labute approximate surface area is 161 Å². The topological polar surface area (TPSA) is 74.9 Å². The smallest absolute Gasteiger partial charge is 0.191 e. The number of benzene rings is 1. The van der Waals surface area contributed by atoms with Crippen molar-refractivity contribution >= 4 is 5.96 Å². The number of aliphatic imine (C=N–C) groups is 1. The van der Waals surface area contributed by atoms with Crippen molar-refractivity contribution < 1.29 is 9.26 Å². The third-order valence-electron chi connectivity index (χ3n) is 4.41. The lowest BCUT2D eigenvalue weighted by Crippen LogP contribution is -2.41. The Kier molecular flexibility index (Phi) is 7.67. The molecule has 2 aromatic rings. The molecule has 1 unspecified atom stereocenters. The first-order chi connectivity index (χ1) is 13.0. The Bertz CT molecular complexity index is 739. The fraction of sp³-hybridized carbons (Fsp3) is 0.500. The van der Waals surface area contributed by atoms with Crippen molar-refractivity contribution in [2.75, 3.05) is 34.8 Å². The van der Waals surface area contributed by atoms with Gasteiger partial charge in [-0.15, -0.1) is 0 Å². The number of hydrogen-bond acceptors (Lipinski definition) is 5. The van der Waals surface area contributed by atoms with E-state index in [0.29, 0.717) is 25.0 Å². The Morgan fingerprint density at radius 2 is 2.00 bits per heavy atom. The fourth-order valence-corrected chi connectivity index (χ4v) is 2.78. The van der Waals surface area contributed by atoms with Crippen LogP contribution >= 0.6 is 0 Å². The third kappa shape index (κ3) is 5.72. The zero-order chi connectivity index (χ0) is 19.8. The summed E-state index contributed by atoms with van der Waals surface area (Å²) in [4.78, 5) is 6.45. The molecule has 0 saturated carbocycles. The molecule has 0 fully saturated rings. The van der Waals surface area contributed by atoms with Crippen molar-refractivity contribution in [3.8, 4) is 5.75 Å². The second-order valence-corrected chi connectivity index (χ2v) is 6.90. The van der Waals surface area contributed by atoms with Gasteiger partial charge in [0.2, 0.25) is 0 Å². The highest BCUT2D eigenvalue weighted by atomic mass is 16.5. The predicted octanol–water partition coefficient (Wildman–Crippen LogP) is 2.77. The molecular weight excluding hydrogens is 342 g/mol. The number of guanidine groups is 1. The molecule has 0 radical (unpaired) electrons. The molecular formula is C20H31N5O2. The maximum atomic E-state index is 5.52. The van der Waals surface area contributed by atoms with Crippen molar-refractivity contribution in [1.29, 1.82) is 0 Å². The molecule has 0 aliphatic rings.